The quantitative estimate of drug-likeness (QED) is 0.593. The van der Waals surface area contributed by atoms with E-state index in [1.807, 2.05) is 12.1 Å². The summed E-state index contributed by atoms with van der Waals surface area (Å²) < 4.78 is 0. The number of nitrogens with one attached hydrogen (secondary N) is 2. The number of allylic oxidation sites excluding steroid dienone is 1. The summed E-state index contributed by atoms with van der Waals surface area (Å²) in [4.78, 5) is 15.6. The fourth-order valence-electron chi connectivity index (χ4n) is 2.37. The zero-order chi connectivity index (χ0) is 14.0. The van der Waals surface area contributed by atoms with Crippen LogP contribution in [0.25, 0.3) is 0 Å². The molecule has 1 amide bonds. The van der Waals surface area contributed by atoms with Crippen LogP contribution in [0.15, 0.2) is 36.2 Å². The highest BCUT2D eigenvalue weighted by atomic mass is 16.1. The summed E-state index contributed by atoms with van der Waals surface area (Å²) in [6.45, 7) is 1.69. The van der Waals surface area contributed by atoms with Crippen LogP contribution >= 0.6 is 0 Å². The standard InChI is InChI=1S/C16H23N3O/c20-16(19-15-7-4-10-18-13-15)9-12-17-11-8-14-5-2-1-3-6-14/h4-5,7,10,13,17H,1-3,6,8-9,11-12H2,(H,19,20). The van der Waals surface area contributed by atoms with Crippen LogP contribution in [-0.2, 0) is 4.79 Å². The van der Waals surface area contributed by atoms with Crippen molar-refractivity contribution in [3.8, 4) is 0 Å². The normalized spacial score (nSPS) is 14.7. The van der Waals surface area contributed by atoms with Gasteiger partial charge in [-0.05, 0) is 50.8 Å². The maximum absolute atomic E-state index is 11.7. The molecule has 0 saturated heterocycles. The third-order valence-corrected chi connectivity index (χ3v) is 3.48. The van der Waals surface area contributed by atoms with Crippen LogP contribution in [0.3, 0.4) is 0 Å². The number of pyridine rings is 1. The summed E-state index contributed by atoms with van der Waals surface area (Å²) in [5, 5.41) is 6.16. The van der Waals surface area contributed by atoms with Gasteiger partial charge in [0.15, 0.2) is 0 Å². The Morgan fingerprint density at radius 2 is 2.25 bits per heavy atom. The zero-order valence-electron chi connectivity index (χ0n) is 11.9. The number of amides is 1. The molecule has 4 heteroatoms. The lowest BCUT2D eigenvalue weighted by molar-refractivity contribution is -0.116. The Morgan fingerprint density at radius 3 is 3.00 bits per heavy atom. The molecule has 20 heavy (non-hydrogen) atoms. The number of rotatable bonds is 7. The van der Waals surface area contributed by atoms with Crippen molar-refractivity contribution in [2.24, 2.45) is 0 Å². The van der Waals surface area contributed by atoms with E-state index in [2.05, 4.69) is 21.7 Å². The third kappa shape index (κ3) is 5.53. The largest absolute Gasteiger partial charge is 0.325 e. The van der Waals surface area contributed by atoms with E-state index < -0.39 is 0 Å². The molecule has 0 atom stereocenters. The summed E-state index contributed by atoms with van der Waals surface area (Å²) >= 11 is 0. The van der Waals surface area contributed by atoms with Crippen LogP contribution in [-0.4, -0.2) is 24.0 Å². The molecule has 108 valence electrons. The fraction of sp³-hybridized carbons (Fsp3) is 0.500. The van der Waals surface area contributed by atoms with Gasteiger partial charge >= 0.3 is 0 Å². The van der Waals surface area contributed by atoms with Gasteiger partial charge in [-0.25, -0.2) is 0 Å². The van der Waals surface area contributed by atoms with E-state index in [1.165, 1.54) is 25.7 Å². The number of carbonyl (C=O) groups excluding carboxylic acids is 1. The molecular weight excluding hydrogens is 250 g/mol. The van der Waals surface area contributed by atoms with Crippen molar-refractivity contribution in [2.75, 3.05) is 18.4 Å². The molecule has 2 rings (SSSR count). The highest BCUT2D eigenvalue weighted by Crippen LogP contribution is 2.19. The van der Waals surface area contributed by atoms with Gasteiger partial charge in [0.1, 0.15) is 0 Å². The topological polar surface area (TPSA) is 54.0 Å². The Morgan fingerprint density at radius 1 is 1.30 bits per heavy atom. The smallest absolute Gasteiger partial charge is 0.225 e. The number of hydrogen-bond acceptors (Lipinski definition) is 3. The van der Waals surface area contributed by atoms with Gasteiger partial charge in [-0.15, -0.1) is 0 Å². The van der Waals surface area contributed by atoms with Gasteiger partial charge in [0.05, 0.1) is 11.9 Å². The highest BCUT2D eigenvalue weighted by molar-refractivity contribution is 5.90. The predicted molar refractivity (Wildman–Crippen MR) is 81.5 cm³/mol. The molecule has 0 aromatic carbocycles. The van der Waals surface area contributed by atoms with Crippen LogP contribution in [0.5, 0.6) is 0 Å². The molecule has 0 fully saturated rings. The molecule has 1 aromatic rings. The summed E-state index contributed by atoms with van der Waals surface area (Å²) in [5.41, 5.74) is 2.33. The van der Waals surface area contributed by atoms with E-state index in [0.29, 0.717) is 6.42 Å². The first-order chi connectivity index (χ1) is 9.84. The molecule has 4 nitrogen and oxygen atoms in total. The summed E-state index contributed by atoms with van der Waals surface area (Å²) in [5.74, 6) is 0.0300. The van der Waals surface area contributed by atoms with Crippen LogP contribution in [0.2, 0.25) is 0 Å². The lowest BCUT2D eigenvalue weighted by Gasteiger charge is -2.12. The van der Waals surface area contributed by atoms with E-state index in [-0.39, 0.29) is 5.91 Å². The van der Waals surface area contributed by atoms with Crippen LogP contribution < -0.4 is 10.6 Å². The number of aromatic nitrogens is 1. The fourth-order valence-corrected chi connectivity index (χ4v) is 2.37. The first-order valence-corrected chi connectivity index (χ1v) is 7.43. The molecule has 0 aliphatic heterocycles. The maximum atomic E-state index is 11.7. The van der Waals surface area contributed by atoms with Gasteiger partial charge in [0.2, 0.25) is 5.91 Å². The van der Waals surface area contributed by atoms with Crippen molar-refractivity contribution in [3.05, 3.63) is 36.2 Å². The molecule has 1 aromatic heterocycles. The van der Waals surface area contributed by atoms with Gasteiger partial charge < -0.3 is 10.6 Å². The lowest BCUT2D eigenvalue weighted by Crippen LogP contribution is -2.23. The molecule has 1 aliphatic carbocycles. The van der Waals surface area contributed by atoms with Crippen LogP contribution in [0.4, 0.5) is 5.69 Å². The summed E-state index contributed by atoms with van der Waals surface area (Å²) in [6.07, 6.45) is 12.5. The molecule has 2 N–H and O–H groups in total. The molecular formula is C16H23N3O. The van der Waals surface area contributed by atoms with Crippen LogP contribution in [0.1, 0.15) is 38.5 Å². The molecule has 0 radical (unpaired) electrons. The number of nitrogens with zero attached hydrogens (tertiary/aromatic N) is 1. The third-order valence-electron chi connectivity index (χ3n) is 3.48. The second kappa shape index (κ2) is 8.48. The lowest BCUT2D eigenvalue weighted by atomic mass is 9.97. The summed E-state index contributed by atoms with van der Waals surface area (Å²) in [7, 11) is 0. The minimum Gasteiger partial charge on any atom is -0.325 e. The average molecular weight is 273 g/mol. The summed E-state index contributed by atoms with van der Waals surface area (Å²) in [6, 6.07) is 3.65. The molecule has 0 unspecified atom stereocenters. The molecule has 0 bridgehead atoms. The number of hydrogen-bond donors (Lipinski definition) is 2. The number of carbonyl (C=O) groups is 1. The molecule has 0 spiro atoms. The Hall–Kier alpha value is -1.68. The van der Waals surface area contributed by atoms with E-state index >= 15 is 0 Å². The average Bonchev–Trinajstić information content (AvgIpc) is 2.49. The Balaban J connectivity index is 1.54. The van der Waals surface area contributed by atoms with E-state index in [0.717, 1.165) is 25.2 Å². The van der Waals surface area contributed by atoms with Crippen molar-refractivity contribution in [1.29, 1.82) is 0 Å². The van der Waals surface area contributed by atoms with E-state index in [4.69, 9.17) is 0 Å². The SMILES string of the molecule is O=C(CCNCCC1=CCCCC1)Nc1cccnc1. The monoisotopic (exact) mass is 273 g/mol. The van der Waals surface area contributed by atoms with Crippen LogP contribution in [0, 0.1) is 0 Å². The second-order valence-electron chi connectivity index (χ2n) is 5.15. The maximum Gasteiger partial charge on any atom is 0.225 e. The highest BCUT2D eigenvalue weighted by Gasteiger charge is 2.04. The molecule has 1 heterocycles. The first kappa shape index (κ1) is 14.7. The van der Waals surface area contributed by atoms with Crippen molar-refractivity contribution in [2.45, 2.75) is 38.5 Å². The molecule has 0 saturated carbocycles. The first-order valence-electron chi connectivity index (χ1n) is 7.43. The number of anilines is 1. The van der Waals surface area contributed by atoms with Crippen molar-refractivity contribution in [3.63, 3.8) is 0 Å². The Labute approximate surface area is 120 Å². The minimum absolute atomic E-state index is 0.0300. The minimum atomic E-state index is 0.0300. The predicted octanol–water partition coefficient (Wildman–Crippen LogP) is 2.89. The second-order valence-corrected chi connectivity index (χ2v) is 5.15. The van der Waals surface area contributed by atoms with Gasteiger partial charge in [-0.1, -0.05) is 11.6 Å². The Bertz CT molecular complexity index is 442. The van der Waals surface area contributed by atoms with E-state index in [1.54, 1.807) is 18.0 Å². The van der Waals surface area contributed by atoms with Gasteiger partial charge in [-0.3, -0.25) is 9.78 Å². The van der Waals surface area contributed by atoms with Gasteiger partial charge in [0, 0.05) is 19.2 Å². The van der Waals surface area contributed by atoms with E-state index in [9.17, 15) is 4.79 Å². The Kier molecular flexibility index (Phi) is 6.24. The van der Waals surface area contributed by atoms with Crippen molar-refractivity contribution >= 4 is 11.6 Å². The van der Waals surface area contributed by atoms with Crippen molar-refractivity contribution < 1.29 is 4.79 Å². The molecule has 1 aliphatic rings. The van der Waals surface area contributed by atoms with Crippen molar-refractivity contribution in [1.82, 2.24) is 10.3 Å². The van der Waals surface area contributed by atoms with Gasteiger partial charge in [-0.2, -0.15) is 0 Å². The van der Waals surface area contributed by atoms with Gasteiger partial charge in [0.25, 0.3) is 0 Å². The zero-order valence-corrected chi connectivity index (χ0v) is 11.9.